The zero-order valence-electron chi connectivity index (χ0n) is 15.6. The molecule has 3 aliphatic carbocycles. The largest absolute Gasteiger partial charge is 0.484 e. The molecule has 2 N–H and O–H groups in total. The van der Waals surface area contributed by atoms with Gasteiger partial charge in [-0.25, -0.2) is 4.39 Å². The lowest BCUT2D eigenvalue weighted by molar-refractivity contribution is -0.200. The topological polar surface area (TPSA) is 78.9 Å². The molecule has 2 amide bonds. The van der Waals surface area contributed by atoms with Crippen LogP contribution in [0.5, 0.6) is 5.75 Å². The number of rotatable bonds is 5. The maximum Gasteiger partial charge on any atom is 0.258 e. The number of halogens is 3. The molecule has 0 saturated heterocycles. The van der Waals surface area contributed by atoms with Crippen LogP contribution in [0.2, 0.25) is 10.0 Å². The van der Waals surface area contributed by atoms with E-state index in [1.54, 1.807) is 18.2 Å². The van der Waals surface area contributed by atoms with Gasteiger partial charge in [0.1, 0.15) is 11.6 Å². The molecule has 9 heteroatoms. The van der Waals surface area contributed by atoms with E-state index in [0.29, 0.717) is 35.4 Å². The first-order chi connectivity index (χ1) is 14.2. The Bertz CT molecular complexity index is 1070. The van der Waals surface area contributed by atoms with Crippen molar-refractivity contribution in [1.82, 2.24) is 10.2 Å². The molecule has 0 aromatic heterocycles. The van der Waals surface area contributed by atoms with E-state index in [2.05, 4.69) is 5.32 Å². The molecule has 6 nitrogen and oxygen atoms in total. The number of hydrogen-bond acceptors (Lipinski definition) is 4. The van der Waals surface area contributed by atoms with Gasteiger partial charge < -0.3 is 20.1 Å². The summed E-state index contributed by atoms with van der Waals surface area (Å²) in [5.74, 6) is -0.981. The number of fused-ring (bicyclic) bond motifs is 1. The van der Waals surface area contributed by atoms with Gasteiger partial charge in [-0.15, -0.1) is 0 Å². The number of benzene rings is 2. The molecule has 0 unspecified atom stereocenters. The summed E-state index contributed by atoms with van der Waals surface area (Å²) >= 11 is 11.6. The highest BCUT2D eigenvalue weighted by Gasteiger charge is 2.73. The Kier molecular flexibility index (Phi) is 4.29. The first kappa shape index (κ1) is 19.6. The van der Waals surface area contributed by atoms with Crippen LogP contribution in [0, 0.1) is 5.82 Å². The van der Waals surface area contributed by atoms with Crippen molar-refractivity contribution in [2.45, 2.75) is 36.6 Å². The number of amides is 2. The Morgan fingerprint density at radius 2 is 1.97 bits per heavy atom. The van der Waals surface area contributed by atoms with E-state index in [1.807, 2.05) is 0 Å². The first-order valence-corrected chi connectivity index (χ1v) is 10.2. The summed E-state index contributed by atoms with van der Waals surface area (Å²) in [4.78, 5) is 26.6. The van der Waals surface area contributed by atoms with Crippen LogP contribution in [0.25, 0.3) is 0 Å². The molecule has 30 heavy (non-hydrogen) atoms. The number of aliphatic hydroxyl groups excluding tert-OH is 1. The van der Waals surface area contributed by atoms with E-state index in [0.717, 1.165) is 6.07 Å². The van der Waals surface area contributed by atoms with Gasteiger partial charge in [0.15, 0.2) is 12.8 Å². The number of carbonyl (C=O) groups excluding carboxylic acids is 2. The molecule has 1 aliphatic heterocycles. The molecular weight excluding hydrogens is 434 g/mol. The highest BCUT2D eigenvalue weighted by molar-refractivity contribution is 6.31. The second kappa shape index (κ2) is 6.57. The van der Waals surface area contributed by atoms with Crippen LogP contribution in [0.15, 0.2) is 36.4 Å². The smallest absolute Gasteiger partial charge is 0.258 e. The van der Waals surface area contributed by atoms with E-state index >= 15 is 0 Å². The summed E-state index contributed by atoms with van der Waals surface area (Å²) in [6, 6.07) is 8.85. The van der Waals surface area contributed by atoms with Gasteiger partial charge in [-0.05, 0) is 43.5 Å². The van der Waals surface area contributed by atoms with Gasteiger partial charge in [-0.3, -0.25) is 9.59 Å². The van der Waals surface area contributed by atoms with Crippen LogP contribution < -0.4 is 10.1 Å². The maximum atomic E-state index is 13.4. The third-order valence-corrected chi connectivity index (χ3v) is 6.71. The third-order valence-electron chi connectivity index (χ3n) is 6.17. The standard InChI is InChI=1S/C21H17Cl2FN2O4/c22-11-1-3-13-14(5-11)19(29)26(18(13)28)21-8-20(9-21,10-21)25-17(27)7-30-12-2-4-15(23)16(24)6-12/h1-6,18,28H,7-10H2,(H,25,27)/t18-,20?,21?/m1/s1. The predicted molar refractivity (Wildman–Crippen MR) is 107 cm³/mol. The fourth-order valence-electron chi connectivity index (χ4n) is 4.96. The molecule has 2 bridgehead atoms. The molecule has 2 aromatic rings. The lowest BCUT2D eigenvalue weighted by Gasteiger charge is -2.73. The van der Waals surface area contributed by atoms with Crippen LogP contribution in [0.3, 0.4) is 0 Å². The second-order valence-corrected chi connectivity index (χ2v) is 9.07. The Labute approximate surface area is 181 Å². The maximum absolute atomic E-state index is 13.4. The van der Waals surface area contributed by atoms with Crippen molar-refractivity contribution in [2.75, 3.05) is 6.61 Å². The van der Waals surface area contributed by atoms with Gasteiger partial charge in [0.25, 0.3) is 11.8 Å². The Hall–Kier alpha value is -2.35. The van der Waals surface area contributed by atoms with E-state index in [9.17, 15) is 19.1 Å². The molecule has 156 valence electrons. The number of carbonyl (C=O) groups is 2. The highest BCUT2D eigenvalue weighted by atomic mass is 35.5. The minimum Gasteiger partial charge on any atom is -0.484 e. The Morgan fingerprint density at radius 3 is 2.67 bits per heavy atom. The predicted octanol–water partition coefficient (Wildman–Crippen LogP) is 3.45. The normalized spacial score (nSPS) is 28.5. The van der Waals surface area contributed by atoms with Crippen molar-refractivity contribution < 1.29 is 23.8 Å². The Morgan fingerprint density at radius 1 is 1.23 bits per heavy atom. The summed E-state index contributed by atoms with van der Waals surface area (Å²) in [6.07, 6.45) is 0.672. The van der Waals surface area contributed by atoms with Gasteiger partial charge >= 0.3 is 0 Å². The van der Waals surface area contributed by atoms with Crippen LogP contribution in [0.4, 0.5) is 4.39 Å². The number of nitrogens with one attached hydrogen (secondary N) is 1. The second-order valence-electron chi connectivity index (χ2n) is 8.23. The lowest BCUT2D eigenvalue weighted by atomic mass is 9.43. The zero-order chi connectivity index (χ0) is 21.3. The molecule has 1 atom stereocenters. The first-order valence-electron chi connectivity index (χ1n) is 9.42. The molecular formula is C21H17Cl2FN2O4. The van der Waals surface area contributed by atoms with E-state index in [4.69, 9.17) is 27.9 Å². The number of hydrogen-bond donors (Lipinski definition) is 2. The van der Waals surface area contributed by atoms with E-state index < -0.39 is 23.1 Å². The zero-order valence-corrected chi connectivity index (χ0v) is 17.1. The summed E-state index contributed by atoms with van der Waals surface area (Å²) in [7, 11) is 0. The molecule has 1 heterocycles. The molecule has 2 aromatic carbocycles. The minimum absolute atomic E-state index is 0.0194. The van der Waals surface area contributed by atoms with Gasteiger partial charge in [-0.2, -0.15) is 0 Å². The average Bonchev–Trinajstić information content (AvgIpc) is 2.88. The molecule has 4 aliphatic rings. The van der Waals surface area contributed by atoms with Crippen molar-refractivity contribution in [3.8, 4) is 5.75 Å². The van der Waals surface area contributed by atoms with Gasteiger partial charge in [0.05, 0.1) is 10.6 Å². The van der Waals surface area contributed by atoms with E-state index in [1.165, 1.54) is 17.0 Å². The van der Waals surface area contributed by atoms with Gasteiger partial charge in [0.2, 0.25) is 0 Å². The van der Waals surface area contributed by atoms with Gasteiger partial charge in [-0.1, -0.05) is 29.3 Å². The Balaban J connectivity index is 1.19. The number of ether oxygens (including phenoxy) is 1. The monoisotopic (exact) mass is 450 g/mol. The molecule has 0 radical (unpaired) electrons. The SMILES string of the molecule is O=C(COc1ccc(Cl)c(F)c1)NC12CC(N3C(=O)c4cc(Cl)ccc4[C@H]3O)(C1)C2. The molecule has 6 rings (SSSR count). The van der Waals surface area contributed by atoms with Crippen molar-refractivity contribution in [3.63, 3.8) is 0 Å². The van der Waals surface area contributed by atoms with Crippen LogP contribution in [0.1, 0.15) is 41.4 Å². The molecule has 0 spiro atoms. The lowest BCUT2D eigenvalue weighted by Crippen LogP contribution is -2.84. The fourth-order valence-corrected chi connectivity index (χ4v) is 5.25. The van der Waals surface area contributed by atoms with Crippen LogP contribution in [-0.2, 0) is 4.79 Å². The summed E-state index contributed by atoms with van der Waals surface area (Å²) in [5.41, 5.74) is 0.102. The van der Waals surface area contributed by atoms with Crippen LogP contribution >= 0.6 is 23.2 Å². The molecule has 3 saturated carbocycles. The van der Waals surface area contributed by atoms with E-state index in [-0.39, 0.29) is 29.2 Å². The van der Waals surface area contributed by atoms with Gasteiger partial charge in [0, 0.05) is 27.8 Å². The van der Waals surface area contributed by atoms with Crippen molar-refractivity contribution >= 4 is 35.0 Å². The minimum atomic E-state index is -1.01. The third kappa shape index (κ3) is 2.87. The quantitative estimate of drug-likeness (QED) is 0.730. The number of aliphatic hydroxyl groups is 1. The molecule has 3 fully saturated rings. The summed E-state index contributed by atoms with van der Waals surface area (Å²) in [6.45, 7) is -0.259. The van der Waals surface area contributed by atoms with Crippen molar-refractivity contribution in [3.05, 3.63) is 63.4 Å². The number of nitrogens with zero attached hydrogens (tertiary/aromatic N) is 1. The van der Waals surface area contributed by atoms with Crippen molar-refractivity contribution in [2.24, 2.45) is 0 Å². The van der Waals surface area contributed by atoms with Crippen molar-refractivity contribution in [1.29, 1.82) is 0 Å². The fraction of sp³-hybridized carbons (Fsp3) is 0.333. The summed E-state index contributed by atoms with van der Waals surface area (Å²) in [5, 5.41) is 14.0. The summed E-state index contributed by atoms with van der Waals surface area (Å²) < 4.78 is 18.8. The van der Waals surface area contributed by atoms with Crippen LogP contribution in [-0.4, -0.2) is 39.5 Å². The average molecular weight is 451 g/mol. The highest BCUT2D eigenvalue weighted by Crippen LogP contribution is 2.66.